The number of piperidine rings is 1. The molecule has 1 saturated heterocycles. The third-order valence-electron chi connectivity index (χ3n) is 3.91. The van der Waals surface area contributed by atoms with E-state index in [1.807, 2.05) is 6.92 Å². The number of anilines is 1. The molecule has 2 rings (SSSR count). The largest absolute Gasteiger partial charge is 0.416 e. The molecule has 1 amide bonds. The van der Waals surface area contributed by atoms with Gasteiger partial charge in [0.05, 0.1) is 11.5 Å². The number of alkyl halides is 3. The molecule has 6 heteroatoms. The van der Waals surface area contributed by atoms with Crippen molar-refractivity contribution < 1.29 is 18.0 Å². The second-order valence-electron chi connectivity index (χ2n) is 5.51. The van der Waals surface area contributed by atoms with Crippen LogP contribution in [0.15, 0.2) is 18.2 Å². The smallest absolute Gasteiger partial charge is 0.326 e. The molecule has 0 spiro atoms. The topological polar surface area (TPSA) is 41.1 Å². The van der Waals surface area contributed by atoms with E-state index in [0.717, 1.165) is 25.5 Å². The zero-order valence-electron chi connectivity index (χ0n) is 12.1. The normalized spacial score (nSPS) is 22.9. The number of nitrogens with one attached hydrogen (secondary N) is 2. The minimum atomic E-state index is -4.41. The van der Waals surface area contributed by atoms with E-state index >= 15 is 0 Å². The summed E-state index contributed by atoms with van der Waals surface area (Å²) >= 11 is 0. The van der Waals surface area contributed by atoms with Gasteiger partial charge >= 0.3 is 6.18 Å². The fraction of sp³-hybridized carbons (Fsp3) is 0.533. The molecule has 1 aliphatic heterocycles. The maximum atomic E-state index is 12.9. The van der Waals surface area contributed by atoms with Crippen LogP contribution in [0.2, 0.25) is 0 Å². The Labute approximate surface area is 121 Å². The molecular formula is C15H19F3N2O. The maximum Gasteiger partial charge on any atom is 0.416 e. The van der Waals surface area contributed by atoms with Gasteiger partial charge in [0.2, 0.25) is 5.91 Å². The van der Waals surface area contributed by atoms with Gasteiger partial charge in [0.1, 0.15) is 0 Å². The Kier molecular flexibility index (Phi) is 4.56. The van der Waals surface area contributed by atoms with E-state index in [9.17, 15) is 18.0 Å². The highest BCUT2D eigenvalue weighted by Gasteiger charge is 2.33. The highest BCUT2D eigenvalue weighted by Crippen LogP contribution is 2.33. The number of hydrogen-bond acceptors (Lipinski definition) is 2. The van der Waals surface area contributed by atoms with E-state index in [2.05, 4.69) is 10.6 Å². The van der Waals surface area contributed by atoms with Crippen molar-refractivity contribution in [2.24, 2.45) is 5.92 Å². The number of aryl methyl sites for hydroxylation is 1. The second-order valence-corrected chi connectivity index (χ2v) is 5.51. The molecule has 0 bridgehead atoms. The van der Waals surface area contributed by atoms with E-state index < -0.39 is 11.7 Å². The number of benzene rings is 1. The Morgan fingerprint density at radius 2 is 2.10 bits per heavy atom. The van der Waals surface area contributed by atoms with Gasteiger partial charge in [-0.2, -0.15) is 13.2 Å². The summed E-state index contributed by atoms with van der Waals surface area (Å²) in [5, 5.41) is 5.81. The number of amides is 1. The molecule has 0 saturated carbocycles. The monoisotopic (exact) mass is 300 g/mol. The van der Waals surface area contributed by atoms with Gasteiger partial charge in [0.25, 0.3) is 0 Å². The Hall–Kier alpha value is -1.56. The van der Waals surface area contributed by atoms with Crippen molar-refractivity contribution in [1.29, 1.82) is 0 Å². The molecule has 2 unspecified atom stereocenters. The average Bonchev–Trinajstić information content (AvgIpc) is 2.40. The Balaban J connectivity index is 2.14. The Bertz CT molecular complexity index is 528. The quantitative estimate of drug-likeness (QED) is 0.879. The zero-order valence-corrected chi connectivity index (χ0v) is 12.1. The van der Waals surface area contributed by atoms with Crippen LogP contribution in [-0.2, 0) is 11.0 Å². The molecule has 1 fully saturated rings. The zero-order chi connectivity index (χ0) is 15.6. The van der Waals surface area contributed by atoms with Crippen LogP contribution in [0.5, 0.6) is 0 Å². The standard InChI is InChI=1S/C15H19F3N2O/c1-9-5-6-11(8-13(9)15(16,17)18)20-14(21)12-4-3-7-19-10(12)2/h5-6,8,10,12,19H,3-4,7H2,1-2H3,(H,20,21). The summed E-state index contributed by atoms with van der Waals surface area (Å²) < 4.78 is 38.6. The van der Waals surface area contributed by atoms with Gasteiger partial charge in [-0.05, 0) is 50.9 Å². The first-order chi connectivity index (χ1) is 9.79. The van der Waals surface area contributed by atoms with E-state index in [4.69, 9.17) is 0 Å². The minimum Gasteiger partial charge on any atom is -0.326 e. The van der Waals surface area contributed by atoms with Gasteiger partial charge < -0.3 is 10.6 Å². The molecular weight excluding hydrogens is 281 g/mol. The summed E-state index contributed by atoms with van der Waals surface area (Å²) in [7, 11) is 0. The molecule has 1 aromatic carbocycles. The van der Waals surface area contributed by atoms with Crippen LogP contribution < -0.4 is 10.6 Å². The molecule has 2 atom stereocenters. The van der Waals surface area contributed by atoms with E-state index in [1.54, 1.807) is 0 Å². The first-order valence-corrected chi connectivity index (χ1v) is 7.01. The van der Waals surface area contributed by atoms with Crippen LogP contribution in [0.3, 0.4) is 0 Å². The van der Waals surface area contributed by atoms with Gasteiger partial charge in [-0.1, -0.05) is 6.07 Å². The fourth-order valence-corrected chi connectivity index (χ4v) is 2.64. The SMILES string of the molecule is Cc1ccc(NC(=O)C2CCCNC2C)cc1C(F)(F)F. The molecule has 1 aromatic rings. The lowest BCUT2D eigenvalue weighted by Crippen LogP contribution is -2.44. The Morgan fingerprint density at radius 1 is 1.38 bits per heavy atom. The highest BCUT2D eigenvalue weighted by atomic mass is 19.4. The van der Waals surface area contributed by atoms with Crippen molar-refractivity contribution in [3.63, 3.8) is 0 Å². The number of rotatable bonds is 2. The van der Waals surface area contributed by atoms with E-state index in [-0.39, 0.29) is 29.1 Å². The van der Waals surface area contributed by atoms with Crippen LogP contribution in [0.1, 0.15) is 30.9 Å². The molecule has 1 heterocycles. The lowest BCUT2D eigenvalue weighted by Gasteiger charge is -2.29. The number of halogens is 3. The van der Waals surface area contributed by atoms with Gasteiger partial charge in [0, 0.05) is 11.7 Å². The molecule has 2 N–H and O–H groups in total. The second kappa shape index (κ2) is 6.05. The molecule has 0 aliphatic carbocycles. The third kappa shape index (κ3) is 3.75. The summed E-state index contributed by atoms with van der Waals surface area (Å²) in [5.41, 5.74) is -0.376. The number of hydrogen-bond donors (Lipinski definition) is 2. The highest BCUT2D eigenvalue weighted by molar-refractivity contribution is 5.93. The maximum absolute atomic E-state index is 12.9. The van der Waals surface area contributed by atoms with Crippen molar-refractivity contribution in [2.75, 3.05) is 11.9 Å². The van der Waals surface area contributed by atoms with Crippen molar-refractivity contribution >= 4 is 11.6 Å². The molecule has 21 heavy (non-hydrogen) atoms. The summed E-state index contributed by atoms with van der Waals surface area (Å²) in [6, 6.07) is 3.91. The molecule has 0 aromatic heterocycles. The van der Waals surface area contributed by atoms with Crippen molar-refractivity contribution in [3.05, 3.63) is 29.3 Å². The van der Waals surface area contributed by atoms with Crippen LogP contribution in [0.25, 0.3) is 0 Å². The van der Waals surface area contributed by atoms with Crippen molar-refractivity contribution in [2.45, 2.75) is 38.9 Å². The predicted molar refractivity (Wildman–Crippen MR) is 75.0 cm³/mol. The molecule has 3 nitrogen and oxygen atoms in total. The first-order valence-electron chi connectivity index (χ1n) is 7.01. The van der Waals surface area contributed by atoms with Crippen molar-refractivity contribution in [1.82, 2.24) is 5.32 Å². The molecule has 0 radical (unpaired) electrons. The number of carbonyl (C=O) groups is 1. The van der Waals surface area contributed by atoms with Gasteiger partial charge in [-0.3, -0.25) is 4.79 Å². The molecule has 116 valence electrons. The van der Waals surface area contributed by atoms with Gasteiger partial charge in [-0.25, -0.2) is 0 Å². The minimum absolute atomic E-state index is 0.0336. The van der Waals surface area contributed by atoms with Crippen LogP contribution >= 0.6 is 0 Å². The summed E-state index contributed by atoms with van der Waals surface area (Å²) in [6.07, 6.45) is -2.77. The third-order valence-corrected chi connectivity index (χ3v) is 3.91. The number of carbonyl (C=O) groups excluding carboxylic acids is 1. The van der Waals surface area contributed by atoms with Gasteiger partial charge in [0.15, 0.2) is 0 Å². The van der Waals surface area contributed by atoms with Crippen LogP contribution in [0.4, 0.5) is 18.9 Å². The predicted octanol–water partition coefficient (Wildman–Crippen LogP) is 3.34. The Morgan fingerprint density at radius 3 is 2.71 bits per heavy atom. The lowest BCUT2D eigenvalue weighted by atomic mass is 9.91. The van der Waals surface area contributed by atoms with Crippen molar-refractivity contribution in [3.8, 4) is 0 Å². The first kappa shape index (κ1) is 15.8. The summed E-state index contributed by atoms with van der Waals surface area (Å²) in [5.74, 6) is -0.443. The van der Waals surface area contributed by atoms with Crippen LogP contribution in [0, 0.1) is 12.8 Å². The van der Waals surface area contributed by atoms with Crippen LogP contribution in [-0.4, -0.2) is 18.5 Å². The molecule has 1 aliphatic rings. The summed E-state index contributed by atoms with van der Waals surface area (Å²) in [6.45, 7) is 4.19. The average molecular weight is 300 g/mol. The van der Waals surface area contributed by atoms with E-state index in [1.165, 1.54) is 19.1 Å². The van der Waals surface area contributed by atoms with E-state index in [0.29, 0.717) is 0 Å². The lowest BCUT2D eigenvalue weighted by molar-refractivity contribution is -0.138. The van der Waals surface area contributed by atoms with Gasteiger partial charge in [-0.15, -0.1) is 0 Å². The fourth-order valence-electron chi connectivity index (χ4n) is 2.64. The summed E-state index contributed by atoms with van der Waals surface area (Å²) in [4.78, 5) is 12.2.